The van der Waals surface area contributed by atoms with Crippen molar-refractivity contribution in [2.24, 2.45) is 0 Å². The number of amides is 2. The number of hydrogen-bond donors (Lipinski definition) is 1. The van der Waals surface area contributed by atoms with Crippen LogP contribution < -0.4 is 9.62 Å². The molecule has 7 nitrogen and oxygen atoms in total. The second-order valence-electron chi connectivity index (χ2n) is 11.0. The quantitative estimate of drug-likeness (QED) is 0.400. The zero-order chi connectivity index (χ0) is 28.8. The fourth-order valence-electron chi connectivity index (χ4n) is 4.28. The first-order valence-electron chi connectivity index (χ1n) is 13.0. The van der Waals surface area contributed by atoms with Gasteiger partial charge in [-0.15, -0.1) is 0 Å². The van der Waals surface area contributed by atoms with E-state index in [9.17, 15) is 18.0 Å². The maximum Gasteiger partial charge on any atom is 0.244 e. The summed E-state index contributed by atoms with van der Waals surface area (Å²) in [5.74, 6) is -0.764. The molecule has 0 radical (unpaired) electrons. The summed E-state index contributed by atoms with van der Waals surface area (Å²) in [7, 11) is -3.80. The van der Waals surface area contributed by atoms with Crippen LogP contribution in [0.4, 0.5) is 5.69 Å². The number of carbonyl (C=O) groups excluding carboxylic acids is 2. The average molecular weight is 550 g/mol. The maximum atomic E-state index is 14.1. The molecule has 3 rings (SSSR count). The molecule has 2 amide bonds. The third kappa shape index (κ3) is 8.68. The first kappa shape index (κ1) is 29.9. The number of hydrogen-bond acceptors (Lipinski definition) is 4. The van der Waals surface area contributed by atoms with Gasteiger partial charge in [-0.25, -0.2) is 8.42 Å². The Morgan fingerprint density at radius 3 is 1.92 bits per heavy atom. The van der Waals surface area contributed by atoms with Crippen LogP contribution in [0.3, 0.4) is 0 Å². The summed E-state index contributed by atoms with van der Waals surface area (Å²) in [4.78, 5) is 29.3. The number of rotatable bonds is 10. The number of nitrogens with zero attached hydrogens (tertiary/aromatic N) is 2. The van der Waals surface area contributed by atoms with Gasteiger partial charge in [0.2, 0.25) is 21.8 Å². The van der Waals surface area contributed by atoms with Gasteiger partial charge in [-0.05, 0) is 69.0 Å². The lowest BCUT2D eigenvalue weighted by molar-refractivity contribution is -0.140. The van der Waals surface area contributed by atoms with Crippen molar-refractivity contribution >= 4 is 27.5 Å². The molecule has 1 atom stereocenters. The van der Waals surface area contributed by atoms with E-state index in [0.29, 0.717) is 5.69 Å². The largest absolute Gasteiger partial charge is 0.350 e. The highest BCUT2D eigenvalue weighted by Gasteiger charge is 2.34. The highest BCUT2D eigenvalue weighted by Crippen LogP contribution is 2.23. The SMILES string of the molecule is Cc1ccc(N(CC(=O)N(Cc2ccccc2)[C@@H](Cc2ccccc2)C(=O)NC(C)(C)C)S(C)(=O)=O)cc1C. The minimum Gasteiger partial charge on any atom is -0.350 e. The van der Waals surface area contributed by atoms with Crippen molar-refractivity contribution in [3.63, 3.8) is 0 Å². The first-order valence-corrected chi connectivity index (χ1v) is 14.8. The molecule has 3 aromatic rings. The summed E-state index contributed by atoms with van der Waals surface area (Å²) in [6.07, 6.45) is 1.37. The second-order valence-corrected chi connectivity index (χ2v) is 12.9. The molecule has 0 saturated heterocycles. The van der Waals surface area contributed by atoms with Crippen molar-refractivity contribution in [3.05, 3.63) is 101 Å². The smallest absolute Gasteiger partial charge is 0.244 e. The molecule has 0 aromatic heterocycles. The lowest BCUT2D eigenvalue weighted by atomic mass is 10.0. The summed E-state index contributed by atoms with van der Waals surface area (Å²) in [5, 5.41) is 3.02. The number of sulfonamides is 1. The van der Waals surface area contributed by atoms with Gasteiger partial charge in [0.1, 0.15) is 12.6 Å². The summed E-state index contributed by atoms with van der Waals surface area (Å²) in [6, 6.07) is 23.4. The van der Waals surface area contributed by atoms with Gasteiger partial charge in [-0.3, -0.25) is 13.9 Å². The Bertz CT molecular complexity index is 1380. The Morgan fingerprint density at radius 2 is 1.41 bits per heavy atom. The Kier molecular flexibility index (Phi) is 9.56. The molecule has 208 valence electrons. The molecule has 1 N–H and O–H groups in total. The molecule has 0 fully saturated rings. The zero-order valence-corrected chi connectivity index (χ0v) is 24.5. The Hall–Kier alpha value is -3.65. The van der Waals surface area contributed by atoms with Gasteiger partial charge in [0.05, 0.1) is 11.9 Å². The van der Waals surface area contributed by atoms with E-state index in [0.717, 1.165) is 32.8 Å². The Labute approximate surface area is 232 Å². The lowest BCUT2D eigenvalue weighted by Gasteiger charge is -2.35. The third-order valence-electron chi connectivity index (χ3n) is 6.42. The molecule has 0 aliphatic carbocycles. The number of carbonyl (C=O) groups is 2. The van der Waals surface area contributed by atoms with E-state index >= 15 is 0 Å². The fraction of sp³-hybridized carbons (Fsp3) is 0.355. The van der Waals surface area contributed by atoms with E-state index in [-0.39, 0.29) is 18.9 Å². The van der Waals surface area contributed by atoms with Gasteiger partial charge < -0.3 is 10.2 Å². The average Bonchev–Trinajstić information content (AvgIpc) is 2.86. The van der Waals surface area contributed by atoms with Crippen LogP contribution in [0.25, 0.3) is 0 Å². The van der Waals surface area contributed by atoms with Crippen LogP contribution in [0.15, 0.2) is 78.9 Å². The minimum atomic E-state index is -3.80. The first-order chi connectivity index (χ1) is 18.2. The normalized spacial score (nSPS) is 12.5. The zero-order valence-electron chi connectivity index (χ0n) is 23.6. The van der Waals surface area contributed by atoms with Crippen LogP contribution in [0.1, 0.15) is 43.0 Å². The molecule has 0 saturated carbocycles. The lowest BCUT2D eigenvalue weighted by Crippen LogP contribution is -2.56. The predicted octanol–water partition coefficient (Wildman–Crippen LogP) is 4.62. The van der Waals surface area contributed by atoms with Gasteiger partial charge in [0.15, 0.2) is 0 Å². The van der Waals surface area contributed by atoms with Crippen LogP contribution >= 0.6 is 0 Å². The topological polar surface area (TPSA) is 86.8 Å². The van der Waals surface area contributed by atoms with Crippen molar-refractivity contribution in [2.75, 3.05) is 17.1 Å². The Morgan fingerprint density at radius 1 is 0.846 bits per heavy atom. The monoisotopic (exact) mass is 549 g/mol. The number of anilines is 1. The van der Waals surface area contributed by atoms with Gasteiger partial charge in [-0.1, -0.05) is 66.7 Å². The molecular formula is C31H39N3O4S. The van der Waals surface area contributed by atoms with Crippen molar-refractivity contribution < 1.29 is 18.0 Å². The Balaban J connectivity index is 2.06. The molecule has 0 bridgehead atoms. The van der Waals surface area contributed by atoms with Crippen molar-refractivity contribution in [3.8, 4) is 0 Å². The highest BCUT2D eigenvalue weighted by molar-refractivity contribution is 7.92. The van der Waals surface area contributed by atoms with Gasteiger partial charge >= 0.3 is 0 Å². The molecule has 0 aliphatic rings. The summed E-state index contributed by atoms with van der Waals surface area (Å²) >= 11 is 0. The third-order valence-corrected chi connectivity index (χ3v) is 7.56. The number of aryl methyl sites for hydroxylation is 2. The van der Waals surface area contributed by atoms with E-state index < -0.39 is 34.1 Å². The number of benzene rings is 3. The van der Waals surface area contributed by atoms with E-state index in [1.54, 1.807) is 12.1 Å². The van der Waals surface area contributed by atoms with E-state index in [4.69, 9.17) is 0 Å². The van der Waals surface area contributed by atoms with Gasteiger partial charge in [0, 0.05) is 18.5 Å². The molecular weight excluding hydrogens is 510 g/mol. The van der Waals surface area contributed by atoms with E-state index in [2.05, 4.69) is 5.32 Å². The van der Waals surface area contributed by atoms with Crippen LogP contribution in [0.5, 0.6) is 0 Å². The second kappa shape index (κ2) is 12.5. The molecule has 8 heteroatoms. The standard InChI is InChI=1S/C31H39N3O4S/c1-23-17-18-27(19-24(23)2)34(39(6,37)38)22-29(35)33(21-26-15-11-8-12-16-26)28(30(36)32-31(3,4)5)20-25-13-9-7-10-14-25/h7-19,28H,20-22H2,1-6H3,(H,32,36)/t28-/m0/s1. The molecule has 0 unspecified atom stereocenters. The molecule has 3 aromatic carbocycles. The van der Waals surface area contributed by atoms with Crippen LogP contribution in [-0.4, -0.2) is 49.5 Å². The van der Waals surface area contributed by atoms with Crippen LogP contribution in [0.2, 0.25) is 0 Å². The van der Waals surface area contributed by atoms with E-state index in [1.807, 2.05) is 101 Å². The van der Waals surface area contributed by atoms with Crippen molar-refractivity contribution in [1.82, 2.24) is 10.2 Å². The van der Waals surface area contributed by atoms with Crippen LogP contribution in [-0.2, 0) is 32.6 Å². The maximum absolute atomic E-state index is 14.1. The summed E-state index contributed by atoms with van der Waals surface area (Å²) in [6.45, 7) is 9.23. The molecule has 39 heavy (non-hydrogen) atoms. The van der Waals surface area contributed by atoms with Crippen molar-refractivity contribution in [1.29, 1.82) is 0 Å². The number of nitrogens with one attached hydrogen (secondary N) is 1. The summed E-state index contributed by atoms with van der Waals surface area (Å²) < 4.78 is 26.9. The summed E-state index contributed by atoms with van der Waals surface area (Å²) in [5.41, 5.74) is 3.56. The molecule has 0 spiro atoms. The van der Waals surface area contributed by atoms with Gasteiger partial charge in [0.25, 0.3) is 0 Å². The van der Waals surface area contributed by atoms with E-state index in [1.165, 1.54) is 4.90 Å². The predicted molar refractivity (Wildman–Crippen MR) is 157 cm³/mol. The minimum absolute atomic E-state index is 0.152. The molecule has 0 heterocycles. The highest BCUT2D eigenvalue weighted by atomic mass is 32.2. The van der Waals surface area contributed by atoms with Crippen LogP contribution in [0, 0.1) is 13.8 Å². The van der Waals surface area contributed by atoms with Crippen molar-refractivity contribution in [2.45, 2.75) is 59.2 Å². The fourth-order valence-corrected chi connectivity index (χ4v) is 5.12. The molecule has 0 aliphatic heterocycles. The van der Waals surface area contributed by atoms with Gasteiger partial charge in [-0.2, -0.15) is 0 Å².